The molecule has 2 N–H and O–H groups in total. The van der Waals surface area contributed by atoms with Gasteiger partial charge in [0.2, 0.25) is 0 Å². The molecule has 2 aromatic rings. The maximum atomic E-state index is 11.7. The molecule has 0 saturated carbocycles. The van der Waals surface area contributed by atoms with Crippen molar-refractivity contribution in [2.24, 2.45) is 4.99 Å². The summed E-state index contributed by atoms with van der Waals surface area (Å²) in [5.74, 6) is -0.334. The summed E-state index contributed by atoms with van der Waals surface area (Å²) in [7, 11) is 0. The summed E-state index contributed by atoms with van der Waals surface area (Å²) in [6.07, 6.45) is 0. The Balaban J connectivity index is 2.39. The van der Waals surface area contributed by atoms with Crippen molar-refractivity contribution in [1.82, 2.24) is 5.06 Å². The maximum absolute atomic E-state index is 11.7. The number of nitrogens with zero attached hydrogens (tertiary/aromatic N) is 2. The lowest BCUT2D eigenvalue weighted by molar-refractivity contribution is -0.125. The zero-order chi connectivity index (χ0) is 15.0. The molecule has 0 atom stereocenters. The Kier molecular flexibility index (Phi) is 3.37. The average molecular weight is 303 g/mol. The van der Waals surface area contributed by atoms with Crippen molar-refractivity contribution in [2.45, 2.75) is 0 Å². The molecular formula is C15H11ClN2O3. The monoisotopic (exact) mass is 302 g/mol. The van der Waals surface area contributed by atoms with Crippen LogP contribution in [0, 0.1) is 0 Å². The van der Waals surface area contributed by atoms with E-state index in [1.807, 2.05) is 0 Å². The fraction of sp³-hybridized carbons (Fsp3) is 0.0667. The number of rotatable bonds is 1. The van der Waals surface area contributed by atoms with Gasteiger partial charge in [0.1, 0.15) is 12.3 Å². The first kappa shape index (κ1) is 13.6. The summed E-state index contributed by atoms with van der Waals surface area (Å²) in [5.41, 5.74) is 1.06. The van der Waals surface area contributed by atoms with Crippen molar-refractivity contribution in [1.29, 1.82) is 0 Å². The maximum Gasteiger partial charge on any atom is 0.268 e. The van der Waals surface area contributed by atoms with Crippen molar-refractivity contribution in [3.63, 3.8) is 0 Å². The minimum absolute atomic E-state index is 0.115. The number of hydrogen-bond acceptors (Lipinski definition) is 4. The van der Waals surface area contributed by atoms with E-state index in [0.29, 0.717) is 26.9 Å². The number of benzene rings is 2. The molecule has 106 valence electrons. The SMILES string of the molecule is O=C1CN(O)C(c2ccc(O)cc2)=c2cc(Cl)ccc2=N1. The summed E-state index contributed by atoms with van der Waals surface area (Å²) in [6, 6.07) is 11.2. The molecule has 0 bridgehead atoms. The topological polar surface area (TPSA) is 73.1 Å². The standard InChI is InChI=1S/C15H11ClN2O3/c16-10-3-6-13-12(7-10)15(18(21)8-14(20)17-13)9-1-4-11(19)5-2-9/h1-7,19,21H,8H2. The highest BCUT2D eigenvalue weighted by Gasteiger charge is 2.18. The Morgan fingerprint density at radius 1 is 1.14 bits per heavy atom. The molecule has 3 rings (SSSR count). The normalized spacial score (nSPS) is 14.5. The average Bonchev–Trinajstić information content (AvgIpc) is 2.55. The Morgan fingerprint density at radius 2 is 1.86 bits per heavy atom. The lowest BCUT2D eigenvalue weighted by Crippen LogP contribution is -2.31. The third-order valence-corrected chi connectivity index (χ3v) is 3.38. The second kappa shape index (κ2) is 5.20. The van der Waals surface area contributed by atoms with Crippen LogP contribution < -0.4 is 10.6 Å². The summed E-state index contributed by atoms with van der Waals surface area (Å²) in [5, 5.41) is 21.9. The minimum Gasteiger partial charge on any atom is -0.508 e. The van der Waals surface area contributed by atoms with Crippen LogP contribution in [0.4, 0.5) is 0 Å². The number of carbonyl (C=O) groups is 1. The smallest absolute Gasteiger partial charge is 0.268 e. The fourth-order valence-corrected chi connectivity index (χ4v) is 2.41. The highest BCUT2D eigenvalue weighted by Crippen LogP contribution is 2.19. The van der Waals surface area contributed by atoms with Crippen LogP contribution in [0.3, 0.4) is 0 Å². The first-order chi connectivity index (χ1) is 10.0. The molecule has 5 nitrogen and oxygen atoms in total. The number of amides is 1. The number of phenols is 1. The largest absolute Gasteiger partial charge is 0.508 e. The van der Waals surface area contributed by atoms with E-state index in [2.05, 4.69) is 4.99 Å². The first-order valence-electron chi connectivity index (χ1n) is 6.22. The summed E-state index contributed by atoms with van der Waals surface area (Å²) in [4.78, 5) is 15.7. The predicted molar refractivity (Wildman–Crippen MR) is 76.3 cm³/mol. The van der Waals surface area contributed by atoms with E-state index in [-0.39, 0.29) is 12.3 Å². The van der Waals surface area contributed by atoms with E-state index in [0.717, 1.165) is 5.06 Å². The van der Waals surface area contributed by atoms with Crippen LogP contribution in [0.25, 0.3) is 5.70 Å². The third kappa shape index (κ3) is 2.61. The van der Waals surface area contributed by atoms with Crippen LogP contribution in [-0.2, 0) is 4.79 Å². The van der Waals surface area contributed by atoms with Crippen molar-refractivity contribution in [3.8, 4) is 5.75 Å². The number of hydroxylamine groups is 2. The quantitative estimate of drug-likeness (QED) is 0.826. The minimum atomic E-state index is -0.449. The molecular weight excluding hydrogens is 292 g/mol. The van der Waals surface area contributed by atoms with Crippen molar-refractivity contribution < 1.29 is 15.1 Å². The number of aromatic hydroxyl groups is 1. The van der Waals surface area contributed by atoms with Crippen LogP contribution in [0.5, 0.6) is 5.75 Å². The Labute approximate surface area is 125 Å². The number of fused-ring (bicyclic) bond motifs is 1. The highest BCUT2D eigenvalue weighted by molar-refractivity contribution is 6.30. The van der Waals surface area contributed by atoms with Crippen LogP contribution in [0.1, 0.15) is 5.56 Å². The molecule has 1 amide bonds. The molecule has 0 radical (unpaired) electrons. The van der Waals surface area contributed by atoms with Gasteiger partial charge in [-0.3, -0.25) is 10.0 Å². The molecule has 1 aliphatic rings. The van der Waals surface area contributed by atoms with Gasteiger partial charge in [-0.05, 0) is 42.5 Å². The first-order valence-corrected chi connectivity index (χ1v) is 6.59. The molecule has 0 fully saturated rings. The lowest BCUT2D eigenvalue weighted by atomic mass is 10.1. The summed E-state index contributed by atoms with van der Waals surface area (Å²) in [6.45, 7) is -0.248. The highest BCUT2D eigenvalue weighted by atomic mass is 35.5. The molecule has 0 saturated heterocycles. The molecule has 0 aliphatic carbocycles. The fourth-order valence-electron chi connectivity index (χ4n) is 2.24. The molecule has 0 aromatic heterocycles. The number of phenolic OH excluding ortho intramolecular Hbond substituents is 1. The molecule has 1 heterocycles. The van der Waals surface area contributed by atoms with E-state index in [4.69, 9.17) is 11.6 Å². The molecule has 2 aromatic carbocycles. The lowest BCUT2D eigenvalue weighted by Gasteiger charge is -2.18. The van der Waals surface area contributed by atoms with E-state index in [9.17, 15) is 15.1 Å². The van der Waals surface area contributed by atoms with Crippen molar-refractivity contribution in [2.75, 3.05) is 6.54 Å². The van der Waals surface area contributed by atoms with E-state index < -0.39 is 5.91 Å². The number of hydrogen-bond donors (Lipinski definition) is 2. The van der Waals surface area contributed by atoms with E-state index in [1.54, 1.807) is 30.3 Å². The van der Waals surface area contributed by atoms with Gasteiger partial charge in [-0.2, -0.15) is 0 Å². The zero-order valence-electron chi connectivity index (χ0n) is 10.8. The Hall–Kier alpha value is -2.37. The van der Waals surface area contributed by atoms with E-state index in [1.165, 1.54) is 12.1 Å². The zero-order valence-corrected chi connectivity index (χ0v) is 11.6. The second-order valence-corrected chi connectivity index (χ2v) is 5.06. The van der Waals surface area contributed by atoms with Gasteiger partial charge >= 0.3 is 0 Å². The number of carbonyl (C=O) groups excluding carboxylic acids is 1. The summed E-state index contributed by atoms with van der Waals surface area (Å²) >= 11 is 6.01. The van der Waals surface area contributed by atoms with Crippen LogP contribution in [0.2, 0.25) is 5.02 Å². The molecule has 6 heteroatoms. The Morgan fingerprint density at radius 3 is 2.57 bits per heavy atom. The third-order valence-electron chi connectivity index (χ3n) is 3.14. The van der Waals surface area contributed by atoms with Gasteiger partial charge in [-0.25, -0.2) is 10.1 Å². The molecule has 0 unspecified atom stereocenters. The van der Waals surface area contributed by atoms with Crippen LogP contribution >= 0.6 is 11.6 Å². The van der Waals surface area contributed by atoms with Gasteiger partial charge in [-0.1, -0.05) is 11.6 Å². The number of halogens is 1. The van der Waals surface area contributed by atoms with Crippen LogP contribution in [0.15, 0.2) is 47.5 Å². The van der Waals surface area contributed by atoms with E-state index >= 15 is 0 Å². The molecule has 0 spiro atoms. The predicted octanol–water partition coefficient (Wildman–Crippen LogP) is 1.05. The molecule has 1 aliphatic heterocycles. The molecule has 21 heavy (non-hydrogen) atoms. The van der Waals surface area contributed by atoms with Crippen LogP contribution in [-0.4, -0.2) is 27.8 Å². The van der Waals surface area contributed by atoms with Gasteiger partial charge in [0.05, 0.1) is 11.1 Å². The van der Waals surface area contributed by atoms with Crippen molar-refractivity contribution in [3.05, 3.63) is 63.6 Å². The van der Waals surface area contributed by atoms with Gasteiger partial charge in [0.15, 0.2) is 0 Å². The van der Waals surface area contributed by atoms with Gasteiger partial charge in [0.25, 0.3) is 5.91 Å². The summed E-state index contributed by atoms with van der Waals surface area (Å²) < 4.78 is 0. The van der Waals surface area contributed by atoms with Gasteiger partial charge < -0.3 is 5.11 Å². The van der Waals surface area contributed by atoms with Crippen molar-refractivity contribution >= 4 is 23.2 Å². The van der Waals surface area contributed by atoms with Gasteiger partial charge in [-0.15, -0.1) is 0 Å². The Bertz CT molecular complexity index is 831. The second-order valence-electron chi connectivity index (χ2n) is 4.62. The van der Waals surface area contributed by atoms with Gasteiger partial charge in [0, 0.05) is 15.8 Å².